The van der Waals surface area contributed by atoms with E-state index in [0.717, 1.165) is 0 Å². The Morgan fingerprint density at radius 1 is 1.04 bits per heavy atom. The largest absolute Gasteiger partial charge is 0.357 e. The molecule has 0 saturated heterocycles. The highest BCUT2D eigenvalue weighted by Crippen LogP contribution is 2.27. The van der Waals surface area contributed by atoms with Gasteiger partial charge in [0.1, 0.15) is 6.04 Å². The van der Waals surface area contributed by atoms with E-state index >= 15 is 0 Å². The third-order valence-electron chi connectivity index (χ3n) is 4.16. The number of amides is 2. The van der Waals surface area contributed by atoms with Crippen LogP contribution in [0.2, 0.25) is 20.1 Å². The zero-order chi connectivity index (χ0) is 20.1. The molecule has 2 aromatic rings. The van der Waals surface area contributed by atoms with Crippen molar-refractivity contribution in [2.45, 2.75) is 25.9 Å². The number of carbonyl (C=O) groups excluding carboxylic acids is 2. The highest BCUT2D eigenvalue weighted by atomic mass is 35.5. The highest BCUT2D eigenvalue weighted by molar-refractivity contribution is 6.36. The van der Waals surface area contributed by atoms with Crippen LogP contribution >= 0.6 is 46.4 Å². The third-order valence-corrected chi connectivity index (χ3v) is 5.46. The number of hydrogen-bond acceptors (Lipinski definition) is 2. The monoisotopic (exact) mass is 446 g/mol. The van der Waals surface area contributed by atoms with Crippen LogP contribution in [-0.2, 0) is 22.6 Å². The summed E-state index contributed by atoms with van der Waals surface area (Å²) >= 11 is 24.6. The van der Waals surface area contributed by atoms with Gasteiger partial charge in [-0.1, -0.05) is 58.5 Å². The van der Waals surface area contributed by atoms with E-state index in [1.165, 1.54) is 11.9 Å². The first-order valence-corrected chi connectivity index (χ1v) is 9.63. The van der Waals surface area contributed by atoms with Gasteiger partial charge in [0.25, 0.3) is 0 Å². The molecule has 2 rings (SSSR count). The minimum absolute atomic E-state index is 0.0133. The first-order valence-electron chi connectivity index (χ1n) is 8.12. The van der Waals surface area contributed by atoms with Crippen LogP contribution in [0.3, 0.4) is 0 Å². The number of hydrogen-bond donors (Lipinski definition) is 1. The van der Waals surface area contributed by atoms with Crippen LogP contribution in [0, 0.1) is 0 Å². The summed E-state index contributed by atoms with van der Waals surface area (Å²) in [5, 5.41) is 4.27. The second kappa shape index (κ2) is 9.65. The van der Waals surface area contributed by atoms with Gasteiger partial charge in [0.2, 0.25) is 11.8 Å². The molecule has 0 aliphatic rings. The Morgan fingerprint density at radius 2 is 1.67 bits per heavy atom. The lowest BCUT2D eigenvalue weighted by Gasteiger charge is -2.29. The summed E-state index contributed by atoms with van der Waals surface area (Å²) in [4.78, 5) is 26.6. The van der Waals surface area contributed by atoms with Gasteiger partial charge in [-0.3, -0.25) is 9.59 Å². The number of likely N-dealkylation sites (N-methyl/N-ethyl adjacent to an activating group) is 1. The Bertz CT molecular complexity index is 837. The summed E-state index contributed by atoms with van der Waals surface area (Å²) in [6.45, 7) is 1.74. The average molecular weight is 448 g/mol. The standard InChI is InChI=1S/C19H18Cl4N2O2/c1-11(19(27)24-2)25(10-14-15(21)4-3-5-16(14)22)18(26)8-12-6-7-13(20)9-17(12)23/h3-7,9,11H,8,10H2,1-2H3,(H,24,27)/t11-/m0/s1. The molecule has 0 aliphatic carbocycles. The van der Waals surface area contributed by atoms with Crippen molar-refractivity contribution in [3.05, 3.63) is 67.6 Å². The van der Waals surface area contributed by atoms with Gasteiger partial charge in [-0.25, -0.2) is 0 Å². The molecule has 144 valence electrons. The fourth-order valence-electron chi connectivity index (χ4n) is 2.57. The van der Waals surface area contributed by atoms with Gasteiger partial charge < -0.3 is 10.2 Å². The van der Waals surface area contributed by atoms with Crippen LogP contribution in [-0.4, -0.2) is 29.8 Å². The number of halogens is 4. The van der Waals surface area contributed by atoms with E-state index in [4.69, 9.17) is 46.4 Å². The second-order valence-corrected chi connectivity index (χ2v) is 7.58. The lowest BCUT2D eigenvalue weighted by atomic mass is 10.1. The Hall–Kier alpha value is -1.46. The van der Waals surface area contributed by atoms with Crippen LogP contribution in [0.4, 0.5) is 0 Å². The van der Waals surface area contributed by atoms with E-state index in [2.05, 4.69) is 5.32 Å². The molecule has 0 radical (unpaired) electrons. The van der Waals surface area contributed by atoms with Crippen molar-refractivity contribution < 1.29 is 9.59 Å². The summed E-state index contributed by atoms with van der Waals surface area (Å²) in [6, 6.07) is 9.29. The molecule has 0 spiro atoms. The van der Waals surface area contributed by atoms with Crippen molar-refractivity contribution in [1.82, 2.24) is 10.2 Å². The molecule has 0 aliphatic heterocycles. The number of rotatable bonds is 6. The zero-order valence-corrected chi connectivity index (χ0v) is 17.8. The van der Waals surface area contributed by atoms with Crippen molar-refractivity contribution in [3.8, 4) is 0 Å². The number of nitrogens with one attached hydrogen (secondary N) is 1. The molecule has 0 unspecified atom stereocenters. The van der Waals surface area contributed by atoms with Crippen molar-refractivity contribution in [2.24, 2.45) is 0 Å². The molecule has 0 fully saturated rings. The molecule has 0 saturated carbocycles. The Morgan fingerprint density at radius 3 is 2.22 bits per heavy atom. The molecule has 2 amide bonds. The quantitative estimate of drug-likeness (QED) is 0.676. The Labute approximate surface area is 178 Å². The Balaban J connectivity index is 2.34. The lowest BCUT2D eigenvalue weighted by molar-refractivity contribution is -0.139. The highest BCUT2D eigenvalue weighted by Gasteiger charge is 2.27. The van der Waals surface area contributed by atoms with Gasteiger partial charge in [-0.05, 0) is 36.8 Å². The van der Waals surface area contributed by atoms with E-state index in [1.54, 1.807) is 43.3 Å². The topological polar surface area (TPSA) is 49.4 Å². The first-order chi connectivity index (χ1) is 12.7. The molecular formula is C19H18Cl4N2O2. The molecule has 0 aromatic heterocycles. The number of carbonyl (C=O) groups is 2. The van der Waals surface area contributed by atoms with Gasteiger partial charge >= 0.3 is 0 Å². The van der Waals surface area contributed by atoms with Gasteiger partial charge in [-0.2, -0.15) is 0 Å². The van der Waals surface area contributed by atoms with Gasteiger partial charge in [0, 0.05) is 39.2 Å². The summed E-state index contributed by atoms with van der Waals surface area (Å²) in [6.07, 6.45) is 0.0133. The summed E-state index contributed by atoms with van der Waals surface area (Å²) < 4.78 is 0. The minimum atomic E-state index is -0.721. The smallest absolute Gasteiger partial charge is 0.242 e. The summed E-state index contributed by atoms with van der Waals surface area (Å²) in [7, 11) is 1.51. The van der Waals surface area contributed by atoms with Crippen LogP contribution in [0.25, 0.3) is 0 Å². The van der Waals surface area contributed by atoms with E-state index in [9.17, 15) is 9.59 Å². The molecule has 2 aromatic carbocycles. The zero-order valence-electron chi connectivity index (χ0n) is 14.7. The molecule has 0 bridgehead atoms. The van der Waals surface area contributed by atoms with E-state index in [-0.39, 0.29) is 24.8 Å². The van der Waals surface area contributed by atoms with Crippen LogP contribution in [0.1, 0.15) is 18.1 Å². The summed E-state index contributed by atoms with van der Waals surface area (Å²) in [5.74, 6) is -0.583. The molecule has 8 heteroatoms. The fourth-order valence-corrected chi connectivity index (χ4v) is 3.57. The van der Waals surface area contributed by atoms with Gasteiger partial charge in [0.15, 0.2) is 0 Å². The molecular weight excluding hydrogens is 430 g/mol. The van der Waals surface area contributed by atoms with E-state index < -0.39 is 6.04 Å². The van der Waals surface area contributed by atoms with Crippen LogP contribution in [0.5, 0.6) is 0 Å². The van der Waals surface area contributed by atoms with Crippen molar-refractivity contribution in [2.75, 3.05) is 7.05 Å². The van der Waals surface area contributed by atoms with Crippen molar-refractivity contribution >= 4 is 58.2 Å². The second-order valence-electron chi connectivity index (χ2n) is 5.92. The molecule has 27 heavy (non-hydrogen) atoms. The first kappa shape index (κ1) is 21.8. The van der Waals surface area contributed by atoms with E-state index in [0.29, 0.717) is 31.2 Å². The van der Waals surface area contributed by atoms with Crippen molar-refractivity contribution in [3.63, 3.8) is 0 Å². The fraction of sp³-hybridized carbons (Fsp3) is 0.263. The van der Waals surface area contributed by atoms with Gasteiger partial charge in [0.05, 0.1) is 6.42 Å². The lowest BCUT2D eigenvalue weighted by Crippen LogP contribution is -2.47. The van der Waals surface area contributed by atoms with Crippen LogP contribution < -0.4 is 5.32 Å². The maximum atomic E-state index is 13.0. The third kappa shape index (κ3) is 5.52. The molecule has 0 heterocycles. The number of nitrogens with zero attached hydrogens (tertiary/aromatic N) is 1. The SMILES string of the molecule is CNC(=O)[C@H](C)N(Cc1c(Cl)cccc1Cl)C(=O)Cc1ccc(Cl)cc1Cl. The predicted octanol–water partition coefficient (Wildman–Crippen LogP) is 5.01. The maximum Gasteiger partial charge on any atom is 0.242 e. The number of benzene rings is 2. The van der Waals surface area contributed by atoms with Gasteiger partial charge in [-0.15, -0.1) is 0 Å². The predicted molar refractivity (Wildman–Crippen MR) is 111 cm³/mol. The molecule has 1 N–H and O–H groups in total. The minimum Gasteiger partial charge on any atom is -0.357 e. The van der Waals surface area contributed by atoms with Crippen molar-refractivity contribution in [1.29, 1.82) is 0 Å². The molecule has 4 nitrogen and oxygen atoms in total. The summed E-state index contributed by atoms with van der Waals surface area (Å²) in [5.41, 5.74) is 1.19. The normalized spacial score (nSPS) is 11.8. The maximum absolute atomic E-state index is 13.0. The van der Waals surface area contributed by atoms with Crippen LogP contribution in [0.15, 0.2) is 36.4 Å². The Kier molecular flexibility index (Phi) is 7.80. The molecule has 1 atom stereocenters. The van der Waals surface area contributed by atoms with E-state index in [1.807, 2.05) is 0 Å². The average Bonchev–Trinajstić information content (AvgIpc) is 2.62.